The van der Waals surface area contributed by atoms with E-state index in [0.29, 0.717) is 11.7 Å². The smallest absolute Gasteiger partial charge is 0.369 e. The Hall–Kier alpha value is -2.10. The third-order valence-corrected chi connectivity index (χ3v) is 3.67. The molecular formula is C12H12F3N5OS. The van der Waals surface area contributed by atoms with Crippen molar-refractivity contribution in [3.8, 4) is 11.4 Å². The molecule has 2 aromatic rings. The summed E-state index contributed by atoms with van der Waals surface area (Å²) in [6.07, 6.45) is -3.46. The van der Waals surface area contributed by atoms with Gasteiger partial charge < -0.3 is 10.3 Å². The van der Waals surface area contributed by atoms with E-state index in [-0.39, 0.29) is 17.1 Å². The van der Waals surface area contributed by atoms with Gasteiger partial charge in [-0.1, -0.05) is 11.8 Å². The summed E-state index contributed by atoms with van der Waals surface area (Å²) in [5.74, 6) is -0.217. The van der Waals surface area contributed by atoms with Crippen molar-refractivity contribution >= 4 is 17.7 Å². The van der Waals surface area contributed by atoms with E-state index in [1.54, 1.807) is 11.5 Å². The van der Waals surface area contributed by atoms with Gasteiger partial charge in [-0.05, 0) is 19.1 Å². The topological polar surface area (TPSA) is 86.7 Å². The molecule has 0 fully saturated rings. The molecule has 0 saturated heterocycles. The highest BCUT2D eigenvalue weighted by Gasteiger charge is 2.33. The van der Waals surface area contributed by atoms with E-state index in [4.69, 9.17) is 5.73 Å². The molecule has 2 N–H and O–H groups in total. The minimum absolute atomic E-state index is 0.0162. The van der Waals surface area contributed by atoms with Crippen LogP contribution >= 0.6 is 11.8 Å². The lowest BCUT2D eigenvalue weighted by molar-refractivity contribution is -0.141. The lowest BCUT2D eigenvalue weighted by Gasteiger charge is -2.09. The van der Waals surface area contributed by atoms with Crippen LogP contribution in [0.3, 0.4) is 0 Å². The zero-order valence-electron chi connectivity index (χ0n) is 11.5. The van der Waals surface area contributed by atoms with Crippen LogP contribution in [0.4, 0.5) is 13.2 Å². The number of amides is 1. The molecule has 0 spiro atoms. The first-order valence-corrected chi connectivity index (χ1v) is 7.19. The zero-order chi connectivity index (χ0) is 16.3. The molecule has 6 nitrogen and oxygen atoms in total. The molecule has 0 saturated carbocycles. The van der Waals surface area contributed by atoms with Gasteiger partial charge in [-0.2, -0.15) is 13.2 Å². The van der Waals surface area contributed by atoms with Crippen molar-refractivity contribution in [2.24, 2.45) is 5.73 Å². The number of primary amides is 1. The second-order valence-corrected chi connectivity index (χ2v) is 5.18. The molecule has 22 heavy (non-hydrogen) atoms. The number of rotatable bonds is 5. The van der Waals surface area contributed by atoms with Crippen molar-refractivity contribution in [2.75, 3.05) is 5.75 Å². The quantitative estimate of drug-likeness (QED) is 0.846. The van der Waals surface area contributed by atoms with Crippen LogP contribution in [0, 0.1) is 0 Å². The monoisotopic (exact) mass is 331 g/mol. The van der Waals surface area contributed by atoms with Gasteiger partial charge in [0.2, 0.25) is 5.91 Å². The van der Waals surface area contributed by atoms with E-state index in [1.807, 2.05) is 0 Å². The average molecular weight is 331 g/mol. The molecule has 0 aliphatic carbocycles. The van der Waals surface area contributed by atoms with E-state index in [0.717, 1.165) is 24.0 Å². The number of pyridine rings is 1. The highest BCUT2D eigenvalue weighted by molar-refractivity contribution is 7.99. The number of carbonyl (C=O) groups excluding carboxylic acids is 1. The fourth-order valence-electron chi connectivity index (χ4n) is 1.75. The van der Waals surface area contributed by atoms with Crippen molar-refractivity contribution in [3.05, 3.63) is 24.0 Å². The summed E-state index contributed by atoms with van der Waals surface area (Å²) >= 11 is 1.08. The van der Waals surface area contributed by atoms with Gasteiger partial charge in [0.1, 0.15) is 5.69 Å². The Morgan fingerprint density at radius 1 is 1.41 bits per heavy atom. The van der Waals surface area contributed by atoms with E-state index in [9.17, 15) is 18.0 Å². The van der Waals surface area contributed by atoms with Crippen molar-refractivity contribution in [1.29, 1.82) is 0 Å². The molecule has 0 bridgehead atoms. The molecule has 0 aliphatic heterocycles. The van der Waals surface area contributed by atoms with E-state index in [2.05, 4.69) is 15.2 Å². The van der Waals surface area contributed by atoms with Crippen LogP contribution in [0.5, 0.6) is 0 Å². The highest BCUT2D eigenvalue weighted by Crippen LogP contribution is 2.31. The van der Waals surface area contributed by atoms with Crippen molar-refractivity contribution < 1.29 is 18.0 Å². The van der Waals surface area contributed by atoms with Gasteiger partial charge in [0.25, 0.3) is 0 Å². The summed E-state index contributed by atoms with van der Waals surface area (Å²) in [6, 6.07) is 2.34. The molecule has 0 unspecified atom stereocenters. The Balaban J connectivity index is 2.39. The van der Waals surface area contributed by atoms with Gasteiger partial charge in [-0.15, -0.1) is 10.2 Å². The molecule has 0 aliphatic rings. The summed E-state index contributed by atoms with van der Waals surface area (Å²) in [5, 5.41) is 8.22. The molecule has 10 heteroatoms. The molecule has 118 valence electrons. The minimum Gasteiger partial charge on any atom is -0.369 e. The fraction of sp³-hybridized carbons (Fsp3) is 0.333. The number of aromatic nitrogens is 4. The standard InChI is InChI=1S/C12H12F3N5OS/c1-2-20-10(18-19-11(20)22-6-9(16)21)7-3-4-17-8(5-7)12(13,14)15/h3-5H,2,6H2,1H3,(H2,16,21). The largest absolute Gasteiger partial charge is 0.433 e. The predicted octanol–water partition coefficient (Wildman–Crippen LogP) is 1.96. The summed E-state index contributed by atoms with van der Waals surface area (Å²) < 4.78 is 39.8. The maximum atomic E-state index is 12.7. The van der Waals surface area contributed by atoms with Crippen molar-refractivity contribution in [1.82, 2.24) is 19.7 Å². The first-order valence-electron chi connectivity index (χ1n) is 6.21. The number of hydrogen-bond acceptors (Lipinski definition) is 5. The number of nitrogens with zero attached hydrogens (tertiary/aromatic N) is 4. The van der Waals surface area contributed by atoms with Crippen LogP contribution in [0.25, 0.3) is 11.4 Å². The number of carbonyl (C=O) groups is 1. The fourth-order valence-corrected chi connectivity index (χ4v) is 2.50. The minimum atomic E-state index is -4.53. The number of hydrogen-bond donors (Lipinski definition) is 1. The maximum Gasteiger partial charge on any atom is 0.433 e. The van der Waals surface area contributed by atoms with Gasteiger partial charge in [0, 0.05) is 18.3 Å². The third-order valence-electron chi connectivity index (χ3n) is 2.69. The van der Waals surface area contributed by atoms with E-state index in [1.165, 1.54) is 6.07 Å². The van der Waals surface area contributed by atoms with Gasteiger partial charge in [0.15, 0.2) is 11.0 Å². The van der Waals surface area contributed by atoms with Crippen LogP contribution in [0.2, 0.25) is 0 Å². The summed E-state index contributed by atoms with van der Waals surface area (Å²) in [4.78, 5) is 14.1. The van der Waals surface area contributed by atoms with Crippen LogP contribution in [-0.2, 0) is 17.5 Å². The third kappa shape index (κ3) is 3.56. The van der Waals surface area contributed by atoms with Gasteiger partial charge in [-0.3, -0.25) is 9.78 Å². The molecular weight excluding hydrogens is 319 g/mol. The van der Waals surface area contributed by atoms with E-state index >= 15 is 0 Å². The summed E-state index contributed by atoms with van der Waals surface area (Å²) in [6.45, 7) is 2.24. The Morgan fingerprint density at radius 2 is 2.14 bits per heavy atom. The number of alkyl halides is 3. The van der Waals surface area contributed by atoms with Crippen LogP contribution < -0.4 is 5.73 Å². The molecule has 0 radical (unpaired) electrons. The van der Waals surface area contributed by atoms with E-state index < -0.39 is 17.8 Å². The maximum absolute atomic E-state index is 12.7. The molecule has 0 atom stereocenters. The van der Waals surface area contributed by atoms with Crippen molar-refractivity contribution in [2.45, 2.75) is 24.8 Å². The Morgan fingerprint density at radius 3 is 2.73 bits per heavy atom. The summed E-state index contributed by atoms with van der Waals surface area (Å²) in [5.41, 5.74) is 4.32. The first kappa shape index (κ1) is 16.3. The van der Waals surface area contributed by atoms with Gasteiger partial charge in [0.05, 0.1) is 5.75 Å². The van der Waals surface area contributed by atoms with Crippen LogP contribution in [-0.4, -0.2) is 31.4 Å². The average Bonchev–Trinajstić information content (AvgIpc) is 2.87. The normalized spacial score (nSPS) is 11.6. The number of nitrogens with two attached hydrogens (primary N) is 1. The Bertz CT molecular complexity index is 686. The zero-order valence-corrected chi connectivity index (χ0v) is 12.3. The molecule has 2 aromatic heterocycles. The van der Waals surface area contributed by atoms with Gasteiger partial charge >= 0.3 is 6.18 Å². The molecule has 1 amide bonds. The lowest BCUT2D eigenvalue weighted by Crippen LogP contribution is -2.13. The highest BCUT2D eigenvalue weighted by atomic mass is 32.2. The lowest BCUT2D eigenvalue weighted by atomic mass is 10.2. The first-order chi connectivity index (χ1) is 10.3. The summed E-state index contributed by atoms with van der Waals surface area (Å²) in [7, 11) is 0. The number of halogens is 3. The predicted molar refractivity (Wildman–Crippen MR) is 73.8 cm³/mol. The van der Waals surface area contributed by atoms with Gasteiger partial charge in [-0.25, -0.2) is 0 Å². The molecule has 0 aromatic carbocycles. The van der Waals surface area contributed by atoms with Crippen molar-refractivity contribution in [3.63, 3.8) is 0 Å². The van der Waals surface area contributed by atoms with Crippen LogP contribution in [0.15, 0.2) is 23.5 Å². The Labute approximate surface area is 127 Å². The van der Waals surface area contributed by atoms with Crippen LogP contribution in [0.1, 0.15) is 12.6 Å². The molecule has 2 heterocycles. The molecule has 2 rings (SSSR count). The Kier molecular flexibility index (Phi) is 4.69. The SMILES string of the molecule is CCn1c(SCC(N)=O)nnc1-c1ccnc(C(F)(F)F)c1. The number of thioether (sulfide) groups is 1. The second-order valence-electron chi connectivity index (χ2n) is 4.23. The second kappa shape index (κ2) is 6.34.